The maximum atomic E-state index is 13.1. The van der Waals surface area contributed by atoms with E-state index >= 15 is 0 Å². The van der Waals surface area contributed by atoms with Crippen LogP contribution in [-0.2, 0) is 11.8 Å². The number of aromatic nitrogens is 2. The first-order chi connectivity index (χ1) is 12.0. The van der Waals surface area contributed by atoms with Gasteiger partial charge in [0.2, 0.25) is 5.91 Å². The van der Waals surface area contributed by atoms with E-state index < -0.39 is 0 Å². The number of halogens is 1. The smallest absolute Gasteiger partial charge is 0.225 e. The molecule has 6 nitrogen and oxygen atoms in total. The third-order valence-electron chi connectivity index (χ3n) is 4.39. The van der Waals surface area contributed by atoms with Gasteiger partial charge < -0.3 is 15.4 Å². The molecule has 2 aromatic rings. The minimum absolute atomic E-state index is 0.00537. The Kier molecular flexibility index (Phi) is 5.33. The zero-order chi connectivity index (χ0) is 17.8. The predicted molar refractivity (Wildman–Crippen MR) is 91.8 cm³/mol. The molecule has 2 heterocycles. The lowest BCUT2D eigenvalue weighted by molar-refractivity contribution is -0.125. The van der Waals surface area contributed by atoms with Gasteiger partial charge in [0.25, 0.3) is 0 Å². The number of rotatable bonds is 6. The van der Waals surface area contributed by atoms with Crippen LogP contribution in [0.1, 0.15) is 18.4 Å². The number of amides is 1. The summed E-state index contributed by atoms with van der Waals surface area (Å²) in [6.07, 6.45) is 3.77. The Morgan fingerprint density at radius 2 is 2.36 bits per heavy atom. The topological polar surface area (TPSA) is 68.2 Å². The van der Waals surface area contributed by atoms with Gasteiger partial charge in [0.05, 0.1) is 18.2 Å². The van der Waals surface area contributed by atoms with Crippen molar-refractivity contribution in [1.82, 2.24) is 20.4 Å². The average molecular weight is 346 g/mol. The normalized spacial score (nSPS) is 21.1. The molecule has 0 bridgehead atoms. The van der Waals surface area contributed by atoms with Gasteiger partial charge in [0.15, 0.2) is 0 Å². The Hall–Kier alpha value is -2.41. The third kappa shape index (κ3) is 4.36. The molecule has 1 unspecified atom stereocenters. The lowest BCUT2D eigenvalue weighted by atomic mass is 9.90. The first kappa shape index (κ1) is 17.4. The summed E-state index contributed by atoms with van der Waals surface area (Å²) in [5.41, 5.74) is 1.07. The first-order valence-electron chi connectivity index (χ1n) is 8.41. The SMILES string of the molecule is CC(COc1cccc(F)c1)NC(=O)[C@H]1CNC[C@@H]1c1cnn(C)c1. The monoisotopic (exact) mass is 346 g/mol. The van der Waals surface area contributed by atoms with Crippen molar-refractivity contribution in [2.75, 3.05) is 19.7 Å². The molecule has 0 saturated carbocycles. The Labute approximate surface area is 146 Å². The van der Waals surface area contributed by atoms with Gasteiger partial charge in [-0.3, -0.25) is 9.48 Å². The van der Waals surface area contributed by atoms with Gasteiger partial charge in [-0.1, -0.05) is 6.07 Å². The van der Waals surface area contributed by atoms with E-state index in [4.69, 9.17) is 4.74 Å². The van der Waals surface area contributed by atoms with Crippen LogP contribution in [0.25, 0.3) is 0 Å². The van der Waals surface area contributed by atoms with Crippen molar-refractivity contribution in [3.63, 3.8) is 0 Å². The lowest BCUT2D eigenvalue weighted by Gasteiger charge is -2.21. The van der Waals surface area contributed by atoms with Gasteiger partial charge in [0.1, 0.15) is 18.2 Å². The molecule has 2 N–H and O–H groups in total. The molecule has 0 aliphatic carbocycles. The van der Waals surface area contributed by atoms with E-state index in [2.05, 4.69) is 15.7 Å². The summed E-state index contributed by atoms with van der Waals surface area (Å²) < 4.78 is 20.4. The summed E-state index contributed by atoms with van der Waals surface area (Å²) in [6.45, 7) is 3.56. The van der Waals surface area contributed by atoms with Crippen molar-refractivity contribution in [1.29, 1.82) is 0 Å². The molecular weight excluding hydrogens is 323 g/mol. The van der Waals surface area contributed by atoms with Gasteiger partial charge in [-0.25, -0.2) is 4.39 Å². The van der Waals surface area contributed by atoms with Gasteiger partial charge >= 0.3 is 0 Å². The molecule has 134 valence electrons. The number of carbonyl (C=O) groups excluding carboxylic acids is 1. The van der Waals surface area contributed by atoms with E-state index in [1.165, 1.54) is 12.1 Å². The van der Waals surface area contributed by atoms with Crippen LogP contribution in [0.2, 0.25) is 0 Å². The maximum Gasteiger partial charge on any atom is 0.225 e. The molecular formula is C18H23FN4O2. The number of hydrogen-bond acceptors (Lipinski definition) is 4. The van der Waals surface area contributed by atoms with Gasteiger partial charge in [-0.15, -0.1) is 0 Å². The standard InChI is InChI=1S/C18H23FN4O2/c1-12(11-25-15-5-3-4-14(19)6-15)22-18(24)17-9-20-8-16(17)13-7-21-23(2)10-13/h3-7,10,12,16-17,20H,8-9,11H2,1-2H3,(H,22,24)/t12?,16-,17+/m1/s1. The highest BCUT2D eigenvalue weighted by atomic mass is 19.1. The number of nitrogens with zero attached hydrogens (tertiary/aromatic N) is 2. The molecule has 0 radical (unpaired) electrons. The molecule has 0 spiro atoms. The van der Waals surface area contributed by atoms with Gasteiger partial charge in [0, 0.05) is 38.3 Å². The van der Waals surface area contributed by atoms with Crippen LogP contribution in [-0.4, -0.2) is 41.4 Å². The third-order valence-corrected chi connectivity index (χ3v) is 4.39. The number of aryl methyl sites for hydroxylation is 1. The summed E-state index contributed by atoms with van der Waals surface area (Å²) in [7, 11) is 1.87. The number of ether oxygens (including phenoxy) is 1. The van der Waals surface area contributed by atoms with Crippen molar-refractivity contribution >= 4 is 5.91 Å². The Morgan fingerprint density at radius 3 is 3.08 bits per heavy atom. The van der Waals surface area contributed by atoms with Crippen molar-refractivity contribution < 1.29 is 13.9 Å². The van der Waals surface area contributed by atoms with Crippen LogP contribution < -0.4 is 15.4 Å². The second kappa shape index (κ2) is 7.65. The van der Waals surface area contributed by atoms with Crippen LogP contribution in [0.15, 0.2) is 36.7 Å². The largest absolute Gasteiger partial charge is 0.491 e. The van der Waals surface area contributed by atoms with E-state index in [0.29, 0.717) is 12.3 Å². The molecule has 1 aromatic heterocycles. The van der Waals surface area contributed by atoms with Crippen LogP contribution in [0, 0.1) is 11.7 Å². The minimum atomic E-state index is -0.342. The van der Waals surface area contributed by atoms with Crippen molar-refractivity contribution in [3.8, 4) is 5.75 Å². The fourth-order valence-corrected chi connectivity index (χ4v) is 3.11. The minimum Gasteiger partial charge on any atom is -0.491 e. The molecule has 3 rings (SSSR count). The first-order valence-corrected chi connectivity index (χ1v) is 8.41. The zero-order valence-corrected chi connectivity index (χ0v) is 14.4. The maximum absolute atomic E-state index is 13.1. The second-order valence-electron chi connectivity index (χ2n) is 6.50. The van der Waals surface area contributed by atoms with E-state index in [0.717, 1.165) is 12.1 Å². The molecule has 1 amide bonds. The molecule has 7 heteroatoms. The van der Waals surface area contributed by atoms with Crippen molar-refractivity contribution in [2.45, 2.75) is 18.9 Å². The van der Waals surface area contributed by atoms with E-state index in [-0.39, 0.29) is 36.2 Å². The van der Waals surface area contributed by atoms with E-state index in [1.807, 2.05) is 26.4 Å². The highest BCUT2D eigenvalue weighted by molar-refractivity contribution is 5.80. The molecule has 1 aliphatic heterocycles. The molecule has 3 atom stereocenters. The Balaban J connectivity index is 1.54. The summed E-state index contributed by atoms with van der Waals surface area (Å²) >= 11 is 0. The fourth-order valence-electron chi connectivity index (χ4n) is 3.11. The highest BCUT2D eigenvalue weighted by Crippen LogP contribution is 2.28. The number of hydrogen-bond donors (Lipinski definition) is 2. The zero-order valence-electron chi connectivity index (χ0n) is 14.4. The molecule has 1 aromatic carbocycles. The van der Waals surface area contributed by atoms with Crippen LogP contribution in [0.5, 0.6) is 5.75 Å². The van der Waals surface area contributed by atoms with Gasteiger partial charge in [-0.05, 0) is 24.6 Å². The number of nitrogens with one attached hydrogen (secondary N) is 2. The quantitative estimate of drug-likeness (QED) is 0.831. The van der Waals surface area contributed by atoms with Gasteiger partial charge in [-0.2, -0.15) is 5.10 Å². The molecule has 1 fully saturated rings. The number of carbonyl (C=O) groups is 1. The summed E-state index contributed by atoms with van der Waals surface area (Å²) in [4.78, 5) is 12.6. The lowest BCUT2D eigenvalue weighted by Crippen LogP contribution is -2.42. The second-order valence-corrected chi connectivity index (χ2v) is 6.50. The van der Waals surface area contributed by atoms with Crippen LogP contribution >= 0.6 is 0 Å². The predicted octanol–water partition coefficient (Wildman–Crippen LogP) is 1.45. The fraction of sp³-hybridized carbons (Fsp3) is 0.444. The molecule has 1 saturated heterocycles. The average Bonchev–Trinajstić information content (AvgIpc) is 3.21. The Morgan fingerprint density at radius 1 is 1.52 bits per heavy atom. The summed E-state index contributed by atoms with van der Waals surface area (Å²) in [6, 6.07) is 5.80. The van der Waals surface area contributed by atoms with Crippen LogP contribution in [0.3, 0.4) is 0 Å². The number of benzene rings is 1. The van der Waals surface area contributed by atoms with Crippen molar-refractivity contribution in [3.05, 3.63) is 48.0 Å². The van der Waals surface area contributed by atoms with E-state index in [1.54, 1.807) is 16.8 Å². The summed E-state index contributed by atoms with van der Waals surface area (Å²) in [5.74, 6) is 0.0856. The van der Waals surface area contributed by atoms with Crippen molar-refractivity contribution in [2.24, 2.45) is 13.0 Å². The van der Waals surface area contributed by atoms with Crippen LogP contribution in [0.4, 0.5) is 4.39 Å². The highest BCUT2D eigenvalue weighted by Gasteiger charge is 2.35. The summed E-state index contributed by atoms with van der Waals surface area (Å²) in [5, 5.41) is 10.5. The Bertz CT molecular complexity index is 733. The molecule has 1 aliphatic rings. The molecule has 25 heavy (non-hydrogen) atoms. The van der Waals surface area contributed by atoms with E-state index in [9.17, 15) is 9.18 Å².